The van der Waals surface area contributed by atoms with Gasteiger partial charge in [0.1, 0.15) is 11.4 Å². The van der Waals surface area contributed by atoms with Crippen LogP contribution in [0.2, 0.25) is 0 Å². The van der Waals surface area contributed by atoms with Crippen molar-refractivity contribution in [1.82, 2.24) is 4.98 Å². The smallest absolute Gasteiger partial charge is 0.339 e. The lowest BCUT2D eigenvalue weighted by Crippen LogP contribution is -2.22. The largest absolute Gasteiger partial charge is 0.478 e. The average molecular weight is 238 g/mol. The van der Waals surface area contributed by atoms with Gasteiger partial charge >= 0.3 is 5.97 Å². The average Bonchev–Trinajstić information content (AvgIpc) is 2.34. The fourth-order valence-electron chi connectivity index (χ4n) is 1.61. The number of carboxylic acids is 1. The number of aliphatic hydroxyl groups is 1. The molecule has 1 aromatic heterocycles. The zero-order valence-corrected chi connectivity index (χ0v) is 9.96. The molecule has 5 heteroatoms. The molecule has 0 aromatic carbocycles. The first kappa shape index (κ1) is 13.4. The summed E-state index contributed by atoms with van der Waals surface area (Å²) in [7, 11) is 1.83. The Balaban J connectivity index is 2.62. The predicted molar refractivity (Wildman–Crippen MR) is 65.4 cm³/mol. The van der Waals surface area contributed by atoms with Crippen molar-refractivity contribution in [3.8, 4) is 0 Å². The number of aromatic carboxylic acids is 1. The van der Waals surface area contributed by atoms with Gasteiger partial charge in [-0.2, -0.15) is 0 Å². The van der Waals surface area contributed by atoms with Crippen LogP contribution in [0.5, 0.6) is 0 Å². The van der Waals surface area contributed by atoms with Crippen LogP contribution >= 0.6 is 0 Å². The van der Waals surface area contributed by atoms with E-state index >= 15 is 0 Å². The minimum absolute atomic E-state index is 0.202. The highest BCUT2D eigenvalue weighted by atomic mass is 16.4. The molecule has 17 heavy (non-hydrogen) atoms. The van der Waals surface area contributed by atoms with Crippen LogP contribution in [-0.4, -0.2) is 41.4 Å². The summed E-state index contributed by atoms with van der Waals surface area (Å²) in [4.78, 5) is 16.9. The van der Waals surface area contributed by atoms with Crippen LogP contribution in [-0.2, 0) is 0 Å². The number of pyridine rings is 1. The fourth-order valence-corrected chi connectivity index (χ4v) is 1.61. The lowest BCUT2D eigenvalue weighted by atomic mass is 10.2. The Morgan fingerprint density at radius 1 is 1.41 bits per heavy atom. The normalized spacial score (nSPS) is 10.2. The predicted octanol–water partition coefficient (Wildman–Crippen LogP) is 1.38. The lowest BCUT2D eigenvalue weighted by Gasteiger charge is -2.19. The van der Waals surface area contributed by atoms with Crippen LogP contribution in [0, 0.1) is 0 Å². The molecule has 0 radical (unpaired) electrons. The molecule has 1 heterocycles. The van der Waals surface area contributed by atoms with Crippen molar-refractivity contribution in [3.05, 3.63) is 23.9 Å². The molecule has 1 rings (SSSR count). The molecule has 0 saturated carbocycles. The molecular weight excluding hydrogens is 220 g/mol. The summed E-state index contributed by atoms with van der Waals surface area (Å²) >= 11 is 0. The monoisotopic (exact) mass is 238 g/mol. The number of unbranched alkanes of at least 4 members (excludes halogenated alkanes) is 2. The van der Waals surface area contributed by atoms with Crippen molar-refractivity contribution < 1.29 is 15.0 Å². The fraction of sp³-hybridized carbons (Fsp3) is 0.500. The number of carboxylic acid groups (broad SMARTS) is 1. The molecule has 5 nitrogen and oxygen atoms in total. The number of anilines is 1. The molecule has 0 fully saturated rings. The van der Waals surface area contributed by atoms with E-state index in [0.717, 1.165) is 25.8 Å². The zero-order chi connectivity index (χ0) is 12.7. The minimum Gasteiger partial charge on any atom is -0.478 e. The van der Waals surface area contributed by atoms with E-state index in [0.29, 0.717) is 5.82 Å². The number of aliphatic hydroxyl groups excluding tert-OH is 1. The van der Waals surface area contributed by atoms with Crippen LogP contribution in [0.25, 0.3) is 0 Å². The summed E-state index contributed by atoms with van der Waals surface area (Å²) < 4.78 is 0. The number of hydrogen-bond acceptors (Lipinski definition) is 4. The van der Waals surface area contributed by atoms with Crippen LogP contribution in [0.15, 0.2) is 18.3 Å². The molecule has 0 unspecified atom stereocenters. The summed E-state index contributed by atoms with van der Waals surface area (Å²) in [6, 6.07) is 3.17. The quantitative estimate of drug-likeness (QED) is 0.702. The SMILES string of the molecule is CN(CCCCCO)c1ncccc1C(=O)O. The van der Waals surface area contributed by atoms with Crippen molar-refractivity contribution in [2.45, 2.75) is 19.3 Å². The molecule has 0 aliphatic heterocycles. The number of nitrogens with zero attached hydrogens (tertiary/aromatic N) is 2. The summed E-state index contributed by atoms with van der Waals surface area (Å²) in [6.45, 7) is 0.935. The summed E-state index contributed by atoms with van der Waals surface area (Å²) in [5.74, 6) is -0.473. The Hall–Kier alpha value is -1.62. The molecule has 2 N–H and O–H groups in total. The first-order valence-corrected chi connectivity index (χ1v) is 5.67. The Bertz CT molecular complexity index is 369. The van der Waals surface area contributed by atoms with E-state index in [1.807, 2.05) is 11.9 Å². The number of carbonyl (C=O) groups is 1. The summed E-state index contributed by atoms with van der Waals surface area (Å²) in [6.07, 6.45) is 4.20. The maximum Gasteiger partial charge on any atom is 0.339 e. The number of hydrogen-bond donors (Lipinski definition) is 2. The van der Waals surface area contributed by atoms with Gasteiger partial charge in [0.15, 0.2) is 0 Å². The molecule has 0 bridgehead atoms. The summed E-state index contributed by atoms with van der Waals surface area (Å²) in [5.41, 5.74) is 0.220. The van der Waals surface area contributed by atoms with E-state index in [9.17, 15) is 4.79 Å². The van der Waals surface area contributed by atoms with Crippen LogP contribution in [0.4, 0.5) is 5.82 Å². The highest BCUT2D eigenvalue weighted by molar-refractivity contribution is 5.93. The molecule has 0 saturated heterocycles. The van der Waals surface area contributed by atoms with Gasteiger partial charge in [-0.3, -0.25) is 0 Å². The maximum absolute atomic E-state index is 11.0. The molecule has 0 aliphatic rings. The van der Waals surface area contributed by atoms with Crippen molar-refractivity contribution >= 4 is 11.8 Å². The third-order valence-electron chi connectivity index (χ3n) is 2.53. The molecule has 0 aliphatic carbocycles. The topological polar surface area (TPSA) is 73.7 Å². The van der Waals surface area contributed by atoms with Crippen molar-refractivity contribution in [3.63, 3.8) is 0 Å². The van der Waals surface area contributed by atoms with E-state index < -0.39 is 5.97 Å². The van der Waals surface area contributed by atoms with Gasteiger partial charge in [-0.25, -0.2) is 9.78 Å². The van der Waals surface area contributed by atoms with E-state index in [1.165, 1.54) is 0 Å². The third kappa shape index (κ3) is 4.03. The molecule has 0 spiro atoms. The number of aromatic nitrogens is 1. The van der Waals surface area contributed by atoms with Gasteiger partial charge in [0.05, 0.1) is 0 Å². The molecule has 94 valence electrons. The Morgan fingerprint density at radius 3 is 2.82 bits per heavy atom. The minimum atomic E-state index is -0.963. The Labute approximate surface area is 101 Å². The second-order valence-corrected chi connectivity index (χ2v) is 3.89. The molecule has 0 amide bonds. The molecule has 1 aromatic rings. The standard InChI is InChI=1S/C12H18N2O3/c1-14(8-3-2-4-9-15)11-10(12(16)17)6-5-7-13-11/h5-7,15H,2-4,8-9H2,1H3,(H,16,17). The molecular formula is C12H18N2O3. The first-order valence-electron chi connectivity index (χ1n) is 5.67. The highest BCUT2D eigenvalue weighted by Gasteiger charge is 2.13. The Kier molecular flexibility index (Phi) is 5.42. The third-order valence-corrected chi connectivity index (χ3v) is 2.53. The van der Waals surface area contributed by atoms with Crippen LogP contribution < -0.4 is 4.90 Å². The summed E-state index contributed by atoms with van der Waals surface area (Å²) in [5, 5.41) is 17.7. The van der Waals surface area contributed by atoms with E-state index in [1.54, 1.807) is 18.3 Å². The van der Waals surface area contributed by atoms with E-state index in [-0.39, 0.29) is 12.2 Å². The highest BCUT2D eigenvalue weighted by Crippen LogP contribution is 2.16. The zero-order valence-electron chi connectivity index (χ0n) is 9.96. The maximum atomic E-state index is 11.0. The molecule has 0 atom stereocenters. The van der Waals surface area contributed by atoms with E-state index in [4.69, 9.17) is 10.2 Å². The van der Waals surface area contributed by atoms with Crippen molar-refractivity contribution in [2.75, 3.05) is 25.1 Å². The van der Waals surface area contributed by atoms with Crippen molar-refractivity contribution in [1.29, 1.82) is 0 Å². The van der Waals surface area contributed by atoms with Gasteiger partial charge in [-0.05, 0) is 31.4 Å². The van der Waals surface area contributed by atoms with Gasteiger partial charge in [0, 0.05) is 26.4 Å². The van der Waals surface area contributed by atoms with Crippen LogP contribution in [0.3, 0.4) is 0 Å². The Morgan fingerprint density at radius 2 is 2.18 bits per heavy atom. The van der Waals surface area contributed by atoms with Crippen molar-refractivity contribution in [2.24, 2.45) is 0 Å². The van der Waals surface area contributed by atoms with Gasteiger partial charge in [0.2, 0.25) is 0 Å². The lowest BCUT2D eigenvalue weighted by molar-refractivity contribution is 0.0697. The second kappa shape index (κ2) is 6.85. The van der Waals surface area contributed by atoms with Gasteiger partial charge in [-0.1, -0.05) is 0 Å². The van der Waals surface area contributed by atoms with Gasteiger partial charge < -0.3 is 15.1 Å². The van der Waals surface area contributed by atoms with Crippen LogP contribution in [0.1, 0.15) is 29.6 Å². The first-order chi connectivity index (χ1) is 8.16. The van der Waals surface area contributed by atoms with Gasteiger partial charge in [0.25, 0.3) is 0 Å². The van der Waals surface area contributed by atoms with E-state index in [2.05, 4.69) is 4.98 Å². The second-order valence-electron chi connectivity index (χ2n) is 3.89. The van der Waals surface area contributed by atoms with Gasteiger partial charge in [-0.15, -0.1) is 0 Å². The number of rotatable bonds is 7.